The number of hydrogen-bond acceptors (Lipinski definition) is 2. The molecule has 2 nitrogen and oxygen atoms in total. The van der Waals surface area contributed by atoms with E-state index in [9.17, 15) is 0 Å². The predicted molar refractivity (Wildman–Crippen MR) is 71.7 cm³/mol. The Labute approximate surface area is 106 Å². The molecule has 0 heterocycles. The summed E-state index contributed by atoms with van der Waals surface area (Å²) in [6, 6.07) is 0. The van der Waals surface area contributed by atoms with E-state index in [2.05, 4.69) is 5.32 Å². The van der Waals surface area contributed by atoms with E-state index in [1.54, 1.807) is 0 Å². The van der Waals surface area contributed by atoms with Gasteiger partial charge in [-0.3, -0.25) is 0 Å². The van der Waals surface area contributed by atoms with Crippen LogP contribution in [-0.2, 0) is 0 Å². The number of rotatable bonds is 7. The van der Waals surface area contributed by atoms with E-state index in [1.165, 1.54) is 58.0 Å². The Morgan fingerprint density at radius 3 is 2.18 bits per heavy atom. The maximum atomic E-state index is 5.84. The fourth-order valence-corrected chi connectivity index (χ4v) is 3.90. The standard InChI is InChI=1S/C15H28N2/c16-8-13-2-1-3-14(13)9-17-10-15(11-4-5-11)12-6-7-12/h11-15,17H,1-10,16H2. The van der Waals surface area contributed by atoms with Gasteiger partial charge in [-0.2, -0.15) is 0 Å². The molecule has 0 bridgehead atoms. The fourth-order valence-electron chi connectivity index (χ4n) is 3.90. The van der Waals surface area contributed by atoms with Crippen LogP contribution < -0.4 is 11.1 Å². The molecular weight excluding hydrogens is 208 g/mol. The zero-order chi connectivity index (χ0) is 11.7. The topological polar surface area (TPSA) is 38.0 Å². The van der Waals surface area contributed by atoms with Crippen molar-refractivity contribution in [1.82, 2.24) is 5.32 Å². The molecule has 0 spiro atoms. The van der Waals surface area contributed by atoms with Crippen LogP contribution in [0.1, 0.15) is 44.9 Å². The quantitative estimate of drug-likeness (QED) is 0.712. The Morgan fingerprint density at radius 1 is 0.941 bits per heavy atom. The fraction of sp³-hybridized carbons (Fsp3) is 1.00. The summed E-state index contributed by atoms with van der Waals surface area (Å²) < 4.78 is 0. The summed E-state index contributed by atoms with van der Waals surface area (Å²) in [7, 11) is 0. The summed E-state index contributed by atoms with van der Waals surface area (Å²) in [4.78, 5) is 0. The van der Waals surface area contributed by atoms with Gasteiger partial charge in [-0.25, -0.2) is 0 Å². The lowest BCUT2D eigenvalue weighted by Gasteiger charge is -2.21. The van der Waals surface area contributed by atoms with Gasteiger partial charge >= 0.3 is 0 Å². The maximum absolute atomic E-state index is 5.84. The maximum Gasteiger partial charge on any atom is -0.00151 e. The van der Waals surface area contributed by atoms with Crippen molar-refractivity contribution in [1.29, 1.82) is 0 Å². The average Bonchev–Trinajstić information content (AvgIpc) is 3.24. The van der Waals surface area contributed by atoms with Gasteiger partial charge in [0.2, 0.25) is 0 Å². The van der Waals surface area contributed by atoms with Crippen molar-refractivity contribution in [2.45, 2.75) is 44.9 Å². The molecule has 2 atom stereocenters. The first-order valence-electron chi connectivity index (χ1n) is 7.79. The molecule has 17 heavy (non-hydrogen) atoms. The lowest BCUT2D eigenvalue weighted by atomic mass is 9.94. The first-order valence-corrected chi connectivity index (χ1v) is 7.79. The van der Waals surface area contributed by atoms with Gasteiger partial charge in [-0.15, -0.1) is 0 Å². The van der Waals surface area contributed by atoms with Crippen LogP contribution in [0.25, 0.3) is 0 Å². The molecule has 0 aliphatic heterocycles. The van der Waals surface area contributed by atoms with Crippen LogP contribution in [0.5, 0.6) is 0 Å². The molecule has 3 N–H and O–H groups in total. The van der Waals surface area contributed by atoms with Crippen molar-refractivity contribution < 1.29 is 0 Å². The van der Waals surface area contributed by atoms with Gasteiger partial charge in [0.05, 0.1) is 0 Å². The molecule has 0 aromatic carbocycles. The smallest absolute Gasteiger partial charge is 0.00151 e. The first kappa shape index (κ1) is 12.0. The Hall–Kier alpha value is -0.0800. The molecule has 98 valence electrons. The first-order chi connectivity index (χ1) is 8.38. The SMILES string of the molecule is NCC1CCCC1CNCC(C1CC1)C1CC1. The van der Waals surface area contributed by atoms with Crippen molar-refractivity contribution in [3.8, 4) is 0 Å². The molecule has 3 fully saturated rings. The van der Waals surface area contributed by atoms with Crippen LogP contribution in [0.4, 0.5) is 0 Å². The van der Waals surface area contributed by atoms with Gasteiger partial charge in [0, 0.05) is 0 Å². The minimum atomic E-state index is 0.808. The molecule has 2 unspecified atom stereocenters. The summed E-state index contributed by atoms with van der Waals surface area (Å²) in [6.07, 6.45) is 10.2. The zero-order valence-electron chi connectivity index (χ0n) is 11.0. The van der Waals surface area contributed by atoms with Crippen LogP contribution in [0, 0.1) is 29.6 Å². The molecule has 2 heteroatoms. The summed E-state index contributed by atoms with van der Waals surface area (Å²) in [6.45, 7) is 3.43. The van der Waals surface area contributed by atoms with Crippen LogP contribution in [0.2, 0.25) is 0 Å². The van der Waals surface area contributed by atoms with E-state index >= 15 is 0 Å². The molecule has 3 aliphatic carbocycles. The third kappa shape index (κ3) is 3.03. The van der Waals surface area contributed by atoms with Gasteiger partial charge in [-0.1, -0.05) is 6.42 Å². The highest BCUT2D eigenvalue weighted by atomic mass is 14.9. The number of hydrogen-bond donors (Lipinski definition) is 2. The molecule has 0 radical (unpaired) electrons. The highest BCUT2D eigenvalue weighted by molar-refractivity contribution is 4.92. The van der Waals surface area contributed by atoms with E-state index in [0.29, 0.717) is 0 Å². The van der Waals surface area contributed by atoms with Gasteiger partial charge in [-0.05, 0) is 87.7 Å². The van der Waals surface area contributed by atoms with E-state index in [4.69, 9.17) is 5.73 Å². The highest BCUT2D eigenvalue weighted by Crippen LogP contribution is 2.48. The van der Waals surface area contributed by atoms with Crippen LogP contribution in [0.15, 0.2) is 0 Å². The highest BCUT2D eigenvalue weighted by Gasteiger charge is 2.41. The minimum absolute atomic E-state index is 0.808. The second-order valence-corrected chi connectivity index (χ2v) is 6.68. The monoisotopic (exact) mass is 236 g/mol. The van der Waals surface area contributed by atoms with E-state index in [1.807, 2.05) is 0 Å². The third-order valence-electron chi connectivity index (χ3n) is 5.36. The normalized spacial score (nSPS) is 33.5. The van der Waals surface area contributed by atoms with Crippen molar-refractivity contribution in [2.75, 3.05) is 19.6 Å². The average molecular weight is 236 g/mol. The lowest BCUT2D eigenvalue weighted by molar-refractivity contribution is 0.331. The third-order valence-corrected chi connectivity index (χ3v) is 5.36. The zero-order valence-corrected chi connectivity index (χ0v) is 11.0. The molecule has 0 aromatic heterocycles. The van der Waals surface area contributed by atoms with Crippen LogP contribution in [0.3, 0.4) is 0 Å². The summed E-state index contributed by atoms with van der Waals surface area (Å²) in [5.74, 6) is 4.88. The van der Waals surface area contributed by atoms with Gasteiger partial charge in [0.25, 0.3) is 0 Å². The second-order valence-electron chi connectivity index (χ2n) is 6.68. The Morgan fingerprint density at radius 2 is 1.59 bits per heavy atom. The predicted octanol–water partition coefficient (Wildman–Crippen LogP) is 2.39. The van der Waals surface area contributed by atoms with E-state index < -0.39 is 0 Å². The van der Waals surface area contributed by atoms with E-state index in [0.717, 1.165) is 36.1 Å². The molecular formula is C15H28N2. The van der Waals surface area contributed by atoms with Crippen molar-refractivity contribution in [3.63, 3.8) is 0 Å². The van der Waals surface area contributed by atoms with E-state index in [-0.39, 0.29) is 0 Å². The largest absolute Gasteiger partial charge is 0.330 e. The summed E-state index contributed by atoms with van der Waals surface area (Å²) in [5.41, 5.74) is 5.84. The van der Waals surface area contributed by atoms with Crippen LogP contribution >= 0.6 is 0 Å². The molecule has 0 amide bonds. The molecule has 0 aromatic rings. The summed E-state index contributed by atoms with van der Waals surface area (Å²) >= 11 is 0. The minimum Gasteiger partial charge on any atom is -0.330 e. The van der Waals surface area contributed by atoms with Gasteiger partial charge in [0.1, 0.15) is 0 Å². The van der Waals surface area contributed by atoms with Crippen molar-refractivity contribution in [3.05, 3.63) is 0 Å². The Bertz CT molecular complexity index is 233. The van der Waals surface area contributed by atoms with Crippen molar-refractivity contribution >= 4 is 0 Å². The Kier molecular flexibility index (Phi) is 3.72. The number of nitrogens with two attached hydrogens (primary N) is 1. The molecule has 3 saturated carbocycles. The molecule has 3 rings (SSSR count). The van der Waals surface area contributed by atoms with Crippen molar-refractivity contribution in [2.24, 2.45) is 35.3 Å². The number of nitrogens with one attached hydrogen (secondary N) is 1. The molecule has 0 saturated heterocycles. The van der Waals surface area contributed by atoms with Crippen LogP contribution in [-0.4, -0.2) is 19.6 Å². The summed E-state index contributed by atoms with van der Waals surface area (Å²) in [5, 5.41) is 3.78. The van der Waals surface area contributed by atoms with Gasteiger partial charge in [0.15, 0.2) is 0 Å². The van der Waals surface area contributed by atoms with Gasteiger partial charge < -0.3 is 11.1 Å². The second kappa shape index (κ2) is 5.27. The lowest BCUT2D eigenvalue weighted by Crippen LogP contribution is -2.33. The Balaban J connectivity index is 1.38. The molecule has 3 aliphatic rings.